The molecule has 23 heavy (non-hydrogen) atoms. The van der Waals surface area contributed by atoms with E-state index in [2.05, 4.69) is 46.5 Å². The zero-order chi connectivity index (χ0) is 17.3. The van der Waals surface area contributed by atoms with Crippen molar-refractivity contribution >= 4 is 11.9 Å². The van der Waals surface area contributed by atoms with E-state index in [1.165, 1.54) is 0 Å². The summed E-state index contributed by atoms with van der Waals surface area (Å²) in [5, 5.41) is 10.7. The van der Waals surface area contributed by atoms with Crippen LogP contribution in [0.1, 0.15) is 58.2 Å². The van der Waals surface area contributed by atoms with Crippen molar-refractivity contribution in [3.63, 3.8) is 0 Å². The molecule has 122 valence electrons. The molecule has 0 saturated carbocycles. The Morgan fingerprint density at radius 1 is 0.826 bits per heavy atom. The van der Waals surface area contributed by atoms with Crippen LogP contribution in [-0.4, -0.2) is 11.3 Å². The molecule has 0 unspecified atom stereocenters. The van der Waals surface area contributed by atoms with Gasteiger partial charge in [0.15, 0.2) is 0 Å². The van der Waals surface area contributed by atoms with E-state index in [0.717, 1.165) is 22.4 Å². The number of aliphatic imine (C=N–C) groups is 1. The third-order valence-corrected chi connectivity index (χ3v) is 3.87. The molecule has 0 heterocycles. The van der Waals surface area contributed by atoms with Gasteiger partial charge in [-0.25, -0.2) is 0 Å². The average molecular weight is 309 g/mol. The SMILES string of the molecule is CC(C)(C)c1cc(C=Nc2ccccc2)cc(C(C)(C)C)c1O. The van der Waals surface area contributed by atoms with E-state index in [-0.39, 0.29) is 10.8 Å². The van der Waals surface area contributed by atoms with Crippen LogP contribution in [0, 0.1) is 0 Å². The summed E-state index contributed by atoms with van der Waals surface area (Å²) in [6.45, 7) is 12.7. The molecule has 0 bridgehead atoms. The lowest BCUT2D eigenvalue weighted by atomic mass is 9.78. The van der Waals surface area contributed by atoms with Crippen LogP contribution in [0.3, 0.4) is 0 Å². The molecule has 0 aliphatic carbocycles. The summed E-state index contributed by atoms with van der Waals surface area (Å²) in [4.78, 5) is 4.55. The molecule has 0 amide bonds. The lowest BCUT2D eigenvalue weighted by molar-refractivity contribution is 0.423. The molecule has 0 atom stereocenters. The molecular weight excluding hydrogens is 282 g/mol. The van der Waals surface area contributed by atoms with Gasteiger partial charge in [-0.2, -0.15) is 0 Å². The van der Waals surface area contributed by atoms with Crippen molar-refractivity contribution in [3.05, 3.63) is 59.2 Å². The van der Waals surface area contributed by atoms with Gasteiger partial charge in [-0.1, -0.05) is 59.7 Å². The smallest absolute Gasteiger partial charge is 0.123 e. The molecular formula is C21H27NO. The minimum absolute atomic E-state index is 0.124. The van der Waals surface area contributed by atoms with E-state index in [1.54, 1.807) is 0 Å². The first-order chi connectivity index (χ1) is 10.6. The first-order valence-corrected chi connectivity index (χ1v) is 8.06. The zero-order valence-electron chi connectivity index (χ0n) is 15.0. The Morgan fingerprint density at radius 3 is 1.74 bits per heavy atom. The Morgan fingerprint density at radius 2 is 1.30 bits per heavy atom. The van der Waals surface area contributed by atoms with Crippen LogP contribution in [0.15, 0.2) is 47.5 Å². The molecule has 0 aliphatic heterocycles. The lowest BCUT2D eigenvalue weighted by Crippen LogP contribution is -2.17. The fourth-order valence-electron chi connectivity index (χ4n) is 2.54. The predicted molar refractivity (Wildman–Crippen MR) is 99.2 cm³/mol. The van der Waals surface area contributed by atoms with Crippen LogP contribution in [-0.2, 0) is 10.8 Å². The first kappa shape index (κ1) is 17.3. The summed E-state index contributed by atoms with van der Waals surface area (Å²) >= 11 is 0. The van der Waals surface area contributed by atoms with Gasteiger partial charge < -0.3 is 5.11 Å². The van der Waals surface area contributed by atoms with Gasteiger partial charge >= 0.3 is 0 Å². The van der Waals surface area contributed by atoms with E-state index in [0.29, 0.717) is 5.75 Å². The number of benzene rings is 2. The van der Waals surface area contributed by atoms with Crippen molar-refractivity contribution in [2.24, 2.45) is 4.99 Å². The Bertz CT molecular complexity index is 666. The maximum Gasteiger partial charge on any atom is 0.123 e. The molecule has 0 spiro atoms. The number of phenolic OH excluding ortho intramolecular Hbond substituents is 1. The molecule has 2 rings (SSSR count). The summed E-state index contributed by atoms with van der Waals surface area (Å²) in [7, 11) is 0. The lowest BCUT2D eigenvalue weighted by Gasteiger charge is -2.27. The molecule has 1 N–H and O–H groups in total. The minimum atomic E-state index is -0.124. The second kappa shape index (κ2) is 6.19. The van der Waals surface area contributed by atoms with E-state index in [1.807, 2.05) is 48.7 Å². The van der Waals surface area contributed by atoms with E-state index >= 15 is 0 Å². The van der Waals surface area contributed by atoms with Crippen LogP contribution in [0.5, 0.6) is 5.75 Å². The maximum absolute atomic E-state index is 10.7. The normalized spacial score (nSPS) is 12.8. The van der Waals surface area contributed by atoms with Crippen molar-refractivity contribution < 1.29 is 5.11 Å². The second-order valence-electron chi connectivity index (χ2n) is 8.06. The van der Waals surface area contributed by atoms with Crippen LogP contribution in [0.2, 0.25) is 0 Å². The molecule has 2 heteroatoms. The van der Waals surface area contributed by atoms with Crippen molar-refractivity contribution in [2.45, 2.75) is 52.4 Å². The first-order valence-electron chi connectivity index (χ1n) is 8.06. The number of para-hydroxylation sites is 1. The third kappa shape index (κ3) is 4.22. The highest BCUT2D eigenvalue weighted by molar-refractivity contribution is 5.83. The third-order valence-electron chi connectivity index (χ3n) is 3.87. The van der Waals surface area contributed by atoms with Crippen LogP contribution in [0.25, 0.3) is 0 Å². The minimum Gasteiger partial charge on any atom is -0.507 e. The summed E-state index contributed by atoms with van der Waals surface area (Å²) in [5.74, 6) is 0.405. The van der Waals surface area contributed by atoms with Gasteiger partial charge in [0.05, 0.1) is 5.69 Å². The number of hydrogen-bond donors (Lipinski definition) is 1. The molecule has 0 saturated heterocycles. The molecule has 0 radical (unpaired) electrons. The molecule has 2 aromatic carbocycles. The Labute approximate surface area is 139 Å². The number of phenols is 1. The number of nitrogens with zero attached hydrogens (tertiary/aromatic N) is 1. The average Bonchev–Trinajstić information content (AvgIpc) is 2.44. The van der Waals surface area contributed by atoms with E-state index < -0.39 is 0 Å². The van der Waals surface area contributed by atoms with E-state index in [4.69, 9.17) is 0 Å². The summed E-state index contributed by atoms with van der Waals surface area (Å²) < 4.78 is 0. The highest BCUT2D eigenvalue weighted by atomic mass is 16.3. The standard InChI is InChI=1S/C21H27NO/c1-20(2,3)17-12-15(13-18(19(17)23)21(4,5)6)14-22-16-10-8-7-9-11-16/h7-14,23H,1-6H3. The Hall–Kier alpha value is -2.09. The highest BCUT2D eigenvalue weighted by Gasteiger charge is 2.26. The summed E-state index contributed by atoms with van der Waals surface area (Å²) in [6, 6.07) is 14.0. The summed E-state index contributed by atoms with van der Waals surface area (Å²) in [5.41, 5.74) is 3.61. The molecule has 0 aromatic heterocycles. The summed E-state index contributed by atoms with van der Waals surface area (Å²) in [6.07, 6.45) is 1.87. The highest BCUT2D eigenvalue weighted by Crippen LogP contribution is 2.39. The van der Waals surface area contributed by atoms with Crippen molar-refractivity contribution in [2.75, 3.05) is 0 Å². The van der Waals surface area contributed by atoms with Gasteiger partial charge in [0.2, 0.25) is 0 Å². The van der Waals surface area contributed by atoms with Crippen LogP contribution in [0.4, 0.5) is 5.69 Å². The van der Waals surface area contributed by atoms with Crippen molar-refractivity contribution in [1.82, 2.24) is 0 Å². The number of rotatable bonds is 2. The zero-order valence-corrected chi connectivity index (χ0v) is 15.0. The number of hydrogen-bond acceptors (Lipinski definition) is 2. The Balaban J connectivity index is 2.54. The number of aromatic hydroxyl groups is 1. The Kier molecular flexibility index (Phi) is 4.65. The van der Waals surface area contributed by atoms with Crippen molar-refractivity contribution in [1.29, 1.82) is 0 Å². The molecule has 2 nitrogen and oxygen atoms in total. The van der Waals surface area contributed by atoms with Crippen LogP contribution >= 0.6 is 0 Å². The van der Waals surface area contributed by atoms with Gasteiger partial charge in [0, 0.05) is 17.3 Å². The monoisotopic (exact) mass is 309 g/mol. The second-order valence-corrected chi connectivity index (χ2v) is 8.06. The molecule has 0 aliphatic rings. The van der Waals surface area contributed by atoms with Crippen LogP contribution < -0.4 is 0 Å². The fourth-order valence-corrected chi connectivity index (χ4v) is 2.54. The van der Waals surface area contributed by atoms with Crippen molar-refractivity contribution in [3.8, 4) is 5.75 Å². The van der Waals surface area contributed by atoms with E-state index in [9.17, 15) is 5.11 Å². The molecule has 2 aromatic rings. The topological polar surface area (TPSA) is 32.6 Å². The fraction of sp³-hybridized carbons (Fsp3) is 0.381. The largest absolute Gasteiger partial charge is 0.507 e. The molecule has 0 fully saturated rings. The maximum atomic E-state index is 10.7. The van der Waals surface area contributed by atoms with Gasteiger partial charge in [0.25, 0.3) is 0 Å². The van der Waals surface area contributed by atoms with Gasteiger partial charge in [-0.3, -0.25) is 4.99 Å². The predicted octanol–water partition coefficient (Wildman–Crippen LogP) is 5.74. The van der Waals surface area contributed by atoms with Gasteiger partial charge in [0.1, 0.15) is 5.75 Å². The van der Waals surface area contributed by atoms with Gasteiger partial charge in [-0.05, 0) is 40.7 Å². The quantitative estimate of drug-likeness (QED) is 0.705. The van der Waals surface area contributed by atoms with Gasteiger partial charge in [-0.15, -0.1) is 0 Å².